The Morgan fingerprint density at radius 3 is 2.17 bits per heavy atom. The van der Waals surface area contributed by atoms with Crippen LogP contribution in [0.4, 0.5) is 20.2 Å². The van der Waals surface area contributed by atoms with Crippen LogP contribution in [0.15, 0.2) is 72.8 Å². The van der Waals surface area contributed by atoms with Gasteiger partial charge in [-0.1, -0.05) is 30.3 Å². The topological polar surface area (TPSA) is 75.7 Å². The Bertz CT molecular complexity index is 1130. The normalized spacial score (nSPS) is 12.8. The summed E-state index contributed by atoms with van der Waals surface area (Å²) in [7, 11) is 0. The van der Waals surface area contributed by atoms with E-state index in [9.17, 15) is 23.2 Å². The highest BCUT2D eigenvalue weighted by Crippen LogP contribution is 2.30. The summed E-state index contributed by atoms with van der Waals surface area (Å²) in [6.07, 6.45) is 0. The van der Waals surface area contributed by atoms with Gasteiger partial charge in [0, 0.05) is 5.69 Å². The fourth-order valence-electron chi connectivity index (χ4n) is 3.20. The van der Waals surface area contributed by atoms with E-state index >= 15 is 0 Å². The Balaban J connectivity index is 1.59. The molecule has 150 valence electrons. The molecule has 8 heteroatoms. The van der Waals surface area contributed by atoms with Crippen LogP contribution < -0.4 is 15.0 Å². The fourth-order valence-corrected chi connectivity index (χ4v) is 3.20. The van der Waals surface area contributed by atoms with Gasteiger partial charge in [0.25, 0.3) is 17.7 Å². The monoisotopic (exact) mass is 408 g/mol. The third kappa shape index (κ3) is 3.50. The molecule has 0 unspecified atom stereocenters. The summed E-state index contributed by atoms with van der Waals surface area (Å²) in [5.74, 6) is -1.86. The highest BCUT2D eigenvalue weighted by molar-refractivity contribution is 6.34. The Kier molecular flexibility index (Phi) is 4.97. The van der Waals surface area contributed by atoms with Crippen molar-refractivity contribution in [1.82, 2.24) is 0 Å². The van der Waals surface area contributed by atoms with Crippen LogP contribution >= 0.6 is 0 Å². The van der Waals surface area contributed by atoms with Gasteiger partial charge in [0.05, 0.1) is 22.4 Å². The summed E-state index contributed by atoms with van der Waals surface area (Å²) in [6, 6.07) is 18.2. The maximum absolute atomic E-state index is 12.6. The van der Waals surface area contributed by atoms with Gasteiger partial charge in [0.15, 0.2) is 0 Å². The number of halogens is 2. The van der Waals surface area contributed by atoms with Crippen molar-refractivity contribution in [2.75, 3.05) is 10.2 Å². The number of anilines is 2. The van der Waals surface area contributed by atoms with Gasteiger partial charge in [0.1, 0.15) is 5.75 Å². The van der Waals surface area contributed by atoms with Gasteiger partial charge in [-0.25, -0.2) is 4.90 Å². The second-order valence-corrected chi connectivity index (χ2v) is 6.37. The van der Waals surface area contributed by atoms with Gasteiger partial charge in [-0.3, -0.25) is 14.4 Å². The molecule has 1 heterocycles. The molecule has 1 aliphatic rings. The van der Waals surface area contributed by atoms with E-state index in [0.29, 0.717) is 11.1 Å². The van der Waals surface area contributed by atoms with Gasteiger partial charge >= 0.3 is 6.61 Å². The number of carbonyl (C=O) groups is 3. The van der Waals surface area contributed by atoms with E-state index in [2.05, 4.69) is 10.1 Å². The number of rotatable bonds is 5. The molecule has 0 aromatic heterocycles. The van der Waals surface area contributed by atoms with E-state index in [4.69, 9.17) is 0 Å². The molecule has 0 saturated carbocycles. The van der Waals surface area contributed by atoms with E-state index in [1.807, 2.05) is 0 Å². The van der Waals surface area contributed by atoms with Crippen LogP contribution in [0, 0.1) is 0 Å². The molecule has 3 amide bonds. The summed E-state index contributed by atoms with van der Waals surface area (Å²) >= 11 is 0. The minimum atomic E-state index is -3.07. The maximum Gasteiger partial charge on any atom is 0.387 e. The number of fused-ring (bicyclic) bond motifs is 1. The number of nitrogens with zero attached hydrogens (tertiary/aromatic N) is 1. The van der Waals surface area contributed by atoms with Gasteiger partial charge < -0.3 is 10.1 Å². The summed E-state index contributed by atoms with van der Waals surface area (Å²) in [5, 5.41) is 2.57. The van der Waals surface area contributed by atoms with Gasteiger partial charge in [0.2, 0.25) is 0 Å². The number of amides is 3. The first-order valence-electron chi connectivity index (χ1n) is 8.89. The van der Waals surface area contributed by atoms with Crippen molar-refractivity contribution in [2.24, 2.45) is 0 Å². The second kappa shape index (κ2) is 7.75. The van der Waals surface area contributed by atoms with Crippen molar-refractivity contribution in [3.8, 4) is 5.75 Å². The van der Waals surface area contributed by atoms with Crippen molar-refractivity contribution in [3.05, 3.63) is 89.5 Å². The zero-order valence-corrected chi connectivity index (χ0v) is 15.3. The van der Waals surface area contributed by atoms with Crippen LogP contribution in [0.25, 0.3) is 0 Å². The first-order chi connectivity index (χ1) is 14.5. The third-order valence-corrected chi connectivity index (χ3v) is 4.50. The van der Waals surface area contributed by atoms with Gasteiger partial charge in [-0.15, -0.1) is 0 Å². The number of hydrogen-bond donors (Lipinski definition) is 1. The van der Waals surface area contributed by atoms with E-state index in [0.717, 1.165) is 4.90 Å². The van der Waals surface area contributed by atoms with Gasteiger partial charge in [-0.2, -0.15) is 8.78 Å². The van der Waals surface area contributed by atoms with E-state index in [1.165, 1.54) is 30.3 Å². The number of imide groups is 1. The number of benzene rings is 3. The molecule has 3 aromatic carbocycles. The van der Waals surface area contributed by atoms with Crippen LogP contribution in [-0.2, 0) is 0 Å². The molecule has 1 N–H and O–H groups in total. The fraction of sp³-hybridized carbons (Fsp3) is 0.0455. The second-order valence-electron chi connectivity index (χ2n) is 6.37. The number of ether oxygens (including phenoxy) is 1. The number of nitrogens with one attached hydrogen (secondary N) is 1. The van der Waals surface area contributed by atoms with Crippen LogP contribution in [0.2, 0.25) is 0 Å². The number of hydrogen-bond acceptors (Lipinski definition) is 4. The molecule has 6 nitrogen and oxygen atoms in total. The largest absolute Gasteiger partial charge is 0.434 e. The van der Waals surface area contributed by atoms with Crippen molar-refractivity contribution >= 4 is 29.1 Å². The summed E-state index contributed by atoms with van der Waals surface area (Å²) in [6.45, 7) is -3.07. The first-order valence-corrected chi connectivity index (χ1v) is 8.89. The lowest BCUT2D eigenvalue weighted by molar-refractivity contribution is -0.0501. The lowest BCUT2D eigenvalue weighted by Gasteiger charge is -2.16. The molecule has 0 saturated heterocycles. The number of para-hydroxylation sites is 1. The molecule has 0 atom stereocenters. The van der Waals surface area contributed by atoms with Crippen molar-refractivity contribution < 1.29 is 27.9 Å². The molecule has 0 bridgehead atoms. The van der Waals surface area contributed by atoms with Crippen molar-refractivity contribution in [2.45, 2.75) is 6.61 Å². The zero-order valence-electron chi connectivity index (χ0n) is 15.3. The average Bonchev–Trinajstić information content (AvgIpc) is 2.99. The number of carbonyl (C=O) groups excluding carboxylic acids is 3. The molecule has 0 radical (unpaired) electrons. The van der Waals surface area contributed by atoms with Crippen LogP contribution in [0.1, 0.15) is 31.1 Å². The Morgan fingerprint density at radius 2 is 1.50 bits per heavy atom. The van der Waals surface area contributed by atoms with Crippen LogP contribution in [0.3, 0.4) is 0 Å². The van der Waals surface area contributed by atoms with E-state index in [1.54, 1.807) is 42.5 Å². The molecule has 0 aliphatic carbocycles. The molecule has 0 spiro atoms. The van der Waals surface area contributed by atoms with Crippen molar-refractivity contribution in [3.63, 3.8) is 0 Å². The Labute approximate surface area is 169 Å². The Morgan fingerprint density at radius 1 is 0.867 bits per heavy atom. The Hall–Kier alpha value is -4.07. The highest BCUT2D eigenvalue weighted by Gasteiger charge is 2.36. The minimum Gasteiger partial charge on any atom is -0.434 e. The van der Waals surface area contributed by atoms with E-state index < -0.39 is 24.3 Å². The SMILES string of the molecule is O=C(Nc1cccc(N2C(=O)c3ccccc3C2=O)c1)c1ccccc1OC(F)F. The first kappa shape index (κ1) is 19.3. The summed E-state index contributed by atoms with van der Waals surface area (Å²) in [5.41, 5.74) is 1.07. The summed E-state index contributed by atoms with van der Waals surface area (Å²) < 4.78 is 29.5. The molecule has 0 fully saturated rings. The molecule has 1 aliphatic heterocycles. The standard InChI is InChI=1S/C22H14F2N2O4/c23-22(24)30-18-11-4-3-10-17(18)19(27)25-13-6-5-7-14(12-13)26-20(28)15-8-1-2-9-16(15)21(26)29/h1-12,22H,(H,25,27). The quantitative estimate of drug-likeness (QED) is 0.638. The van der Waals surface area contributed by atoms with E-state index in [-0.39, 0.29) is 22.7 Å². The third-order valence-electron chi connectivity index (χ3n) is 4.50. The molecule has 30 heavy (non-hydrogen) atoms. The molecular formula is C22H14F2N2O4. The lowest BCUT2D eigenvalue weighted by Crippen LogP contribution is -2.29. The van der Waals surface area contributed by atoms with Gasteiger partial charge in [-0.05, 0) is 42.5 Å². The smallest absolute Gasteiger partial charge is 0.387 e. The zero-order chi connectivity index (χ0) is 21.3. The van der Waals surface area contributed by atoms with Crippen LogP contribution in [0.5, 0.6) is 5.75 Å². The lowest BCUT2D eigenvalue weighted by atomic mass is 10.1. The summed E-state index contributed by atoms with van der Waals surface area (Å²) in [4.78, 5) is 38.9. The predicted molar refractivity (Wildman–Crippen MR) is 105 cm³/mol. The average molecular weight is 408 g/mol. The number of alkyl halides is 2. The highest BCUT2D eigenvalue weighted by atomic mass is 19.3. The molecular weight excluding hydrogens is 394 g/mol. The van der Waals surface area contributed by atoms with Crippen molar-refractivity contribution in [1.29, 1.82) is 0 Å². The molecule has 4 rings (SSSR count). The van der Waals surface area contributed by atoms with Crippen LogP contribution in [-0.4, -0.2) is 24.3 Å². The molecule has 3 aromatic rings. The predicted octanol–water partition coefficient (Wildman–Crippen LogP) is 4.34. The maximum atomic E-state index is 12.6. The minimum absolute atomic E-state index is 0.0797.